The summed E-state index contributed by atoms with van der Waals surface area (Å²) in [5.74, 6) is 4.65. The molecule has 0 aromatic heterocycles. The molecule has 2 unspecified atom stereocenters. The van der Waals surface area contributed by atoms with Crippen molar-refractivity contribution in [2.24, 2.45) is 28.7 Å². The predicted octanol–water partition coefficient (Wildman–Crippen LogP) is 6.83. The Morgan fingerprint density at radius 1 is 0.564 bits per heavy atom. The molecule has 448 valence electrons. The summed E-state index contributed by atoms with van der Waals surface area (Å²) < 4.78 is 0. The Hall–Kier alpha value is -3.56. The molecular formula is C54H98N10O10S4. The van der Waals surface area contributed by atoms with Crippen LogP contribution in [-0.4, -0.2) is 119 Å². The fourth-order valence-electron chi connectivity index (χ4n) is 6.94. The third-order valence-corrected chi connectivity index (χ3v) is 15.8. The van der Waals surface area contributed by atoms with Gasteiger partial charge in [0.1, 0.15) is 0 Å². The lowest BCUT2D eigenvalue weighted by atomic mass is 10.1. The Morgan fingerprint density at radius 2 is 0.974 bits per heavy atom. The van der Waals surface area contributed by atoms with Gasteiger partial charge in [0.2, 0.25) is 17.7 Å². The maximum absolute atomic E-state index is 12.1. The predicted molar refractivity (Wildman–Crippen MR) is 319 cm³/mol. The van der Waals surface area contributed by atoms with Gasteiger partial charge < -0.3 is 20.8 Å². The number of nitrogens with zero attached hydrogens (tertiary/aromatic N) is 2. The Bertz CT molecular complexity index is 1800. The summed E-state index contributed by atoms with van der Waals surface area (Å²) in [5.41, 5.74) is 27.7. The van der Waals surface area contributed by atoms with E-state index in [1.54, 1.807) is 0 Å². The van der Waals surface area contributed by atoms with Crippen LogP contribution in [0.2, 0.25) is 0 Å². The van der Waals surface area contributed by atoms with Crippen LogP contribution in [-0.2, 0) is 43.2 Å². The van der Waals surface area contributed by atoms with Gasteiger partial charge in [-0.15, -0.1) is 76.8 Å². The van der Waals surface area contributed by atoms with E-state index in [4.69, 9.17) is 51.6 Å². The summed E-state index contributed by atoms with van der Waals surface area (Å²) in [6, 6.07) is 0. The first-order valence-electron chi connectivity index (χ1n) is 27.9. The molecule has 0 spiro atoms. The van der Waals surface area contributed by atoms with Crippen molar-refractivity contribution in [2.45, 2.75) is 228 Å². The van der Waals surface area contributed by atoms with Crippen LogP contribution < -0.4 is 44.6 Å². The molecule has 2 aliphatic heterocycles. The van der Waals surface area contributed by atoms with E-state index in [0.717, 1.165) is 68.3 Å². The molecule has 0 aliphatic carbocycles. The molecule has 0 aromatic carbocycles. The zero-order valence-corrected chi connectivity index (χ0v) is 50.7. The molecule has 0 radical (unpaired) electrons. The molecule has 2 saturated heterocycles. The van der Waals surface area contributed by atoms with Gasteiger partial charge in [0.15, 0.2) is 10.2 Å². The maximum Gasteiger partial charge on any atom is 0.334 e. The molecule has 0 aromatic rings. The van der Waals surface area contributed by atoms with Gasteiger partial charge in [-0.05, 0) is 37.2 Å². The molecule has 2 atom stereocenters. The van der Waals surface area contributed by atoms with E-state index < -0.39 is 45.1 Å². The lowest BCUT2D eigenvalue weighted by Crippen LogP contribution is -2.60. The standard InChI is InChI=1S/C16H30N4O2S.C16H23NO4S.C11H26N4OS.C11H19NO3S/c1-3-5-7-8-9-12-19-14(21)11-13-23-16(17,18)20-15(22)10-6-4-2;1-3-5-7-8-9-11-22-13-12-14(18)17(16(13)20)21-15(19)10-6-4-2;1-2-3-4-5-6-8-15-10(16)7-9-17-11(12,13)14;1-2-3-4-5-6-7-16-9-8-10(13)12(15)11(9)14/h2H,3,5-13,17-18H2,1H3,(H,19,21)(H,20,22);2,13H,3,5-12H2,1H3;2-9,12-14H2,1H3,(H,15,16);9,15H,2-8H2,1H3. The minimum Gasteiger partial charge on any atom is -0.356 e. The number of carbonyl (C=O) groups is 8. The Balaban J connectivity index is 0. The van der Waals surface area contributed by atoms with Crippen LogP contribution in [0.4, 0.5) is 0 Å². The number of thioether (sulfide) groups is 4. The average molecular weight is 1180 g/mol. The van der Waals surface area contributed by atoms with Crippen molar-refractivity contribution in [3.8, 4) is 24.7 Å². The summed E-state index contributed by atoms with van der Waals surface area (Å²) in [6.07, 6.45) is 35.4. The number of nitrogens with two attached hydrogens (primary N) is 5. The number of hydrogen-bond acceptors (Lipinski definition) is 19. The zero-order chi connectivity index (χ0) is 59.0. The van der Waals surface area contributed by atoms with E-state index >= 15 is 0 Å². The van der Waals surface area contributed by atoms with Crippen molar-refractivity contribution in [3.63, 3.8) is 0 Å². The largest absolute Gasteiger partial charge is 0.356 e. The van der Waals surface area contributed by atoms with Crippen LogP contribution in [0.15, 0.2) is 0 Å². The van der Waals surface area contributed by atoms with E-state index in [-0.39, 0.29) is 60.1 Å². The van der Waals surface area contributed by atoms with Crippen LogP contribution in [0.3, 0.4) is 0 Å². The monoisotopic (exact) mass is 1170 g/mol. The van der Waals surface area contributed by atoms with Gasteiger partial charge in [-0.2, -0.15) is 5.06 Å². The number of terminal acetylenes is 2. The molecule has 2 rings (SSSR count). The van der Waals surface area contributed by atoms with Gasteiger partial charge in [-0.3, -0.25) is 67.4 Å². The lowest BCUT2D eigenvalue weighted by molar-refractivity contribution is -0.197. The number of nitrogens with one attached hydrogen (secondary N) is 3. The smallest absolute Gasteiger partial charge is 0.334 e. The second-order valence-corrected chi connectivity index (χ2v) is 24.2. The Labute approximate surface area is 484 Å². The van der Waals surface area contributed by atoms with Crippen LogP contribution in [0.1, 0.15) is 207 Å². The molecule has 0 bridgehead atoms. The average Bonchev–Trinajstić information content (AvgIpc) is 3.79. The summed E-state index contributed by atoms with van der Waals surface area (Å²) in [5, 5.41) is 14.7. The highest BCUT2D eigenvalue weighted by molar-refractivity contribution is 8.01. The van der Waals surface area contributed by atoms with Gasteiger partial charge in [0.05, 0.1) is 29.8 Å². The number of amides is 7. The van der Waals surface area contributed by atoms with E-state index in [1.165, 1.54) is 125 Å². The lowest BCUT2D eigenvalue weighted by Gasteiger charge is -2.24. The van der Waals surface area contributed by atoms with Gasteiger partial charge >= 0.3 is 5.97 Å². The SMILES string of the molecule is C#CCCC(=O)NC(N)(N)SCCC(=O)NCCCCCCC.C#CCCC(=O)ON1C(=O)CC(SCCCCCCC)C1=O.CCCCCCCNC(=O)CCSC(N)(N)N.CCCCCCCSC1CC(=O)N(O)C1=O. The minimum atomic E-state index is -1.38. The van der Waals surface area contributed by atoms with Crippen molar-refractivity contribution < 1.29 is 48.4 Å². The summed E-state index contributed by atoms with van der Waals surface area (Å²) >= 11 is 5.27. The highest BCUT2D eigenvalue weighted by Gasteiger charge is 2.42. The quantitative estimate of drug-likeness (QED) is 0.00997. The van der Waals surface area contributed by atoms with Crippen LogP contribution in [0, 0.1) is 24.7 Å². The molecule has 20 nitrogen and oxygen atoms in total. The third-order valence-electron chi connectivity index (χ3n) is 11.3. The molecule has 24 heteroatoms. The first kappa shape index (κ1) is 76.5. The topological polar surface area (TPSA) is 339 Å². The fraction of sp³-hybridized carbons (Fsp3) is 0.778. The van der Waals surface area contributed by atoms with Crippen LogP contribution in [0.25, 0.3) is 0 Å². The highest BCUT2D eigenvalue weighted by Crippen LogP contribution is 2.27. The fourth-order valence-corrected chi connectivity index (χ4v) is 10.7. The number of imide groups is 2. The van der Waals surface area contributed by atoms with E-state index in [1.807, 2.05) is 0 Å². The number of rotatable bonds is 40. The third kappa shape index (κ3) is 44.2. The second kappa shape index (κ2) is 49.3. The molecule has 2 heterocycles. The number of hydroxylamine groups is 4. The molecule has 2 fully saturated rings. The normalized spacial score (nSPS) is 15.0. The molecule has 2 aliphatic rings. The first-order valence-corrected chi connectivity index (χ1v) is 32.0. The van der Waals surface area contributed by atoms with Crippen molar-refractivity contribution >= 4 is 94.4 Å². The number of hydrogen-bond donors (Lipinski definition) is 9. The van der Waals surface area contributed by atoms with Crippen molar-refractivity contribution in [3.05, 3.63) is 0 Å². The van der Waals surface area contributed by atoms with Crippen molar-refractivity contribution in [1.82, 2.24) is 26.1 Å². The molecule has 0 saturated carbocycles. The summed E-state index contributed by atoms with van der Waals surface area (Å²) in [6.45, 7) is 10.2. The Morgan fingerprint density at radius 3 is 1.40 bits per heavy atom. The summed E-state index contributed by atoms with van der Waals surface area (Å²) in [4.78, 5) is 96.9. The van der Waals surface area contributed by atoms with Crippen molar-refractivity contribution in [1.29, 1.82) is 0 Å². The van der Waals surface area contributed by atoms with E-state index in [0.29, 0.717) is 42.4 Å². The van der Waals surface area contributed by atoms with Gasteiger partial charge in [0.25, 0.3) is 23.6 Å². The maximum atomic E-state index is 12.1. The number of unbranched alkanes of at least 4 members (excludes halogenated alkanes) is 16. The van der Waals surface area contributed by atoms with Crippen LogP contribution in [0.5, 0.6) is 0 Å². The Kier molecular flexibility index (Phi) is 48.3. The first-order chi connectivity index (χ1) is 37.1. The minimum absolute atomic E-state index is 0.00278. The van der Waals surface area contributed by atoms with E-state index in [9.17, 15) is 38.4 Å². The van der Waals surface area contributed by atoms with Gasteiger partial charge in [-0.1, -0.05) is 130 Å². The zero-order valence-electron chi connectivity index (χ0n) is 47.4. The van der Waals surface area contributed by atoms with Crippen molar-refractivity contribution in [2.75, 3.05) is 36.1 Å². The van der Waals surface area contributed by atoms with Gasteiger partial charge in [-0.25, -0.2) is 4.79 Å². The van der Waals surface area contributed by atoms with E-state index in [2.05, 4.69) is 55.5 Å². The summed E-state index contributed by atoms with van der Waals surface area (Å²) in [7, 11) is 0. The molecule has 78 heavy (non-hydrogen) atoms. The second-order valence-electron chi connectivity index (χ2n) is 18.8. The molecule has 14 N–H and O–H groups in total. The molecule has 7 amide bonds. The van der Waals surface area contributed by atoms with Gasteiger partial charge in [0, 0.05) is 56.7 Å². The molecular weight excluding hydrogens is 1080 g/mol. The highest BCUT2D eigenvalue weighted by atomic mass is 32.2. The van der Waals surface area contributed by atoms with Crippen LogP contribution >= 0.6 is 47.0 Å². The number of carbonyl (C=O) groups excluding carboxylic acids is 8.